The lowest BCUT2D eigenvalue weighted by Crippen LogP contribution is -2.29. The van der Waals surface area contributed by atoms with Gasteiger partial charge in [-0.1, -0.05) is 0 Å². The molecule has 88 valence electrons. The smallest absolute Gasteiger partial charge is 0.221 e. The summed E-state index contributed by atoms with van der Waals surface area (Å²) in [5, 5.41) is 7.83. The van der Waals surface area contributed by atoms with Crippen LogP contribution in [-0.2, 0) is 4.74 Å². The van der Waals surface area contributed by atoms with Gasteiger partial charge in [0.25, 0.3) is 0 Å². The number of anilines is 1. The third-order valence-corrected chi connectivity index (χ3v) is 3.32. The summed E-state index contributed by atoms with van der Waals surface area (Å²) in [6.07, 6.45) is 2.05. The van der Waals surface area contributed by atoms with Crippen LogP contribution in [0.3, 0.4) is 0 Å². The molecule has 3 heterocycles. The van der Waals surface area contributed by atoms with Crippen LogP contribution in [0.2, 0.25) is 0 Å². The highest BCUT2D eigenvalue weighted by Gasteiger charge is 2.27. The van der Waals surface area contributed by atoms with E-state index in [0.717, 1.165) is 44.4 Å². The van der Waals surface area contributed by atoms with Crippen molar-refractivity contribution in [1.82, 2.24) is 14.8 Å². The Hall–Kier alpha value is -1.14. The lowest BCUT2D eigenvalue weighted by atomic mass is 10.1. The summed E-state index contributed by atoms with van der Waals surface area (Å²) in [5.74, 6) is 2.13. The Morgan fingerprint density at radius 1 is 1.50 bits per heavy atom. The topological polar surface area (TPSA) is 78.0 Å². The molecular weight excluding hydrogens is 206 g/mol. The van der Waals surface area contributed by atoms with E-state index in [4.69, 9.17) is 10.5 Å². The van der Waals surface area contributed by atoms with Gasteiger partial charge in [-0.05, 0) is 12.8 Å². The molecule has 3 rings (SSSR count). The molecule has 1 saturated heterocycles. The van der Waals surface area contributed by atoms with Gasteiger partial charge in [-0.15, -0.1) is 0 Å². The summed E-state index contributed by atoms with van der Waals surface area (Å²) < 4.78 is 7.30. The number of nitrogens with two attached hydrogens (primary N) is 1. The first-order chi connectivity index (χ1) is 7.88. The van der Waals surface area contributed by atoms with Gasteiger partial charge in [-0.2, -0.15) is 10.1 Å². The van der Waals surface area contributed by atoms with Gasteiger partial charge in [-0.3, -0.25) is 0 Å². The molecule has 1 fully saturated rings. The molecule has 6 nitrogen and oxygen atoms in total. The lowest BCUT2D eigenvalue weighted by Gasteiger charge is -2.22. The predicted octanol–water partition coefficient (Wildman–Crippen LogP) is 0.0974. The first-order valence-corrected chi connectivity index (χ1v) is 5.86. The Kier molecular flexibility index (Phi) is 2.53. The molecule has 0 spiro atoms. The molecule has 6 heteroatoms. The van der Waals surface area contributed by atoms with Crippen LogP contribution in [-0.4, -0.2) is 41.1 Å². The maximum atomic E-state index is 5.74. The SMILES string of the molecule is NCC1CCNc2nc(C3CCOC3)nn21. The van der Waals surface area contributed by atoms with Crippen molar-refractivity contribution < 1.29 is 4.74 Å². The molecule has 0 bridgehead atoms. The van der Waals surface area contributed by atoms with Gasteiger partial charge >= 0.3 is 0 Å². The van der Waals surface area contributed by atoms with Gasteiger partial charge in [0.15, 0.2) is 5.82 Å². The van der Waals surface area contributed by atoms with Crippen LogP contribution >= 0.6 is 0 Å². The predicted molar refractivity (Wildman–Crippen MR) is 59.4 cm³/mol. The average molecular weight is 223 g/mol. The van der Waals surface area contributed by atoms with Crippen LogP contribution in [0.1, 0.15) is 30.6 Å². The van der Waals surface area contributed by atoms with E-state index in [-0.39, 0.29) is 0 Å². The molecule has 1 aromatic heterocycles. The molecule has 0 aromatic carbocycles. The van der Waals surface area contributed by atoms with Crippen molar-refractivity contribution >= 4 is 5.95 Å². The molecule has 2 atom stereocenters. The zero-order valence-electron chi connectivity index (χ0n) is 9.22. The Morgan fingerprint density at radius 2 is 2.44 bits per heavy atom. The van der Waals surface area contributed by atoms with Crippen LogP contribution in [0.15, 0.2) is 0 Å². The molecule has 0 amide bonds. The zero-order valence-corrected chi connectivity index (χ0v) is 9.22. The maximum Gasteiger partial charge on any atom is 0.221 e. The van der Waals surface area contributed by atoms with Crippen LogP contribution in [0.5, 0.6) is 0 Å². The molecule has 0 radical (unpaired) electrons. The van der Waals surface area contributed by atoms with Gasteiger partial charge in [0.05, 0.1) is 12.6 Å². The Morgan fingerprint density at radius 3 is 3.19 bits per heavy atom. The molecule has 0 aliphatic carbocycles. The third-order valence-electron chi connectivity index (χ3n) is 3.32. The van der Waals surface area contributed by atoms with E-state index in [9.17, 15) is 0 Å². The number of nitrogens with zero attached hydrogens (tertiary/aromatic N) is 3. The first kappa shape index (κ1) is 10.0. The molecule has 1 aromatic rings. The normalized spacial score (nSPS) is 28.8. The third kappa shape index (κ3) is 1.58. The van der Waals surface area contributed by atoms with E-state index in [1.54, 1.807) is 0 Å². The minimum absolute atomic E-state index is 0.292. The maximum absolute atomic E-state index is 5.74. The molecule has 2 aliphatic heterocycles. The van der Waals surface area contributed by atoms with Crippen molar-refractivity contribution in [3.05, 3.63) is 5.82 Å². The largest absolute Gasteiger partial charge is 0.381 e. The number of hydrogen-bond acceptors (Lipinski definition) is 5. The van der Waals surface area contributed by atoms with Gasteiger partial charge < -0.3 is 15.8 Å². The van der Waals surface area contributed by atoms with E-state index in [1.807, 2.05) is 4.68 Å². The van der Waals surface area contributed by atoms with E-state index < -0.39 is 0 Å². The fraction of sp³-hybridized carbons (Fsp3) is 0.800. The summed E-state index contributed by atoms with van der Waals surface area (Å²) in [6, 6.07) is 0.292. The van der Waals surface area contributed by atoms with Crippen LogP contribution < -0.4 is 11.1 Å². The number of hydrogen-bond donors (Lipinski definition) is 2. The summed E-state index contributed by atoms with van der Waals surface area (Å²) in [6.45, 7) is 3.12. The van der Waals surface area contributed by atoms with E-state index in [2.05, 4.69) is 15.4 Å². The Labute approximate surface area is 94.2 Å². The van der Waals surface area contributed by atoms with Crippen LogP contribution in [0.25, 0.3) is 0 Å². The second kappa shape index (κ2) is 4.03. The van der Waals surface area contributed by atoms with Gasteiger partial charge in [-0.25, -0.2) is 4.68 Å². The Balaban J connectivity index is 1.89. The van der Waals surface area contributed by atoms with Gasteiger partial charge in [0, 0.05) is 25.6 Å². The van der Waals surface area contributed by atoms with Crippen LogP contribution in [0, 0.1) is 0 Å². The number of nitrogens with one attached hydrogen (secondary N) is 1. The summed E-state index contributed by atoms with van der Waals surface area (Å²) >= 11 is 0. The minimum atomic E-state index is 0.292. The molecule has 16 heavy (non-hydrogen) atoms. The number of rotatable bonds is 2. The van der Waals surface area contributed by atoms with Crippen molar-refractivity contribution in [3.63, 3.8) is 0 Å². The number of aromatic nitrogens is 3. The Bertz CT molecular complexity index is 371. The molecule has 3 N–H and O–H groups in total. The first-order valence-electron chi connectivity index (χ1n) is 5.86. The average Bonchev–Trinajstić information content (AvgIpc) is 2.96. The number of ether oxygens (including phenoxy) is 1. The van der Waals surface area contributed by atoms with Crippen molar-refractivity contribution in [1.29, 1.82) is 0 Å². The second-order valence-corrected chi connectivity index (χ2v) is 4.40. The number of fused-ring (bicyclic) bond motifs is 1. The summed E-state index contributed by atoms with van der Waals surface area (Å²) in [5.41, 5.74) is 5.74. The summed E-state index contributed by atoms with van der Waals surface area (Å²) in [4.78, 5) is 4.54. The van der Waals surface area contributed by atoms with Crippen LogP contribution in [0.4, 0.5) is 5.95 Å². The van der Waals surface area contributed by atoms with Crippen molar-refractivity contribution in [2.75, 3.05) is 31.6 Å². The fourth-order valence-electron chi connectivity index (χ4n) is 2.32. The van der Waals surface area contributed by atoms with Crippen molar-refractivity contribution in [2.24, 2.45) is 5.73 Å². The highest BCUT2D eigenvalue weighted by Crippen LogP contribution is 2.27. The molecule has 0 saturated carbocycles. The highest BCUT2D eigenvalue weighted by atomic mass is 16.5. The van der Waals surface area contributed by atoms with Crippen molar-refractivity contribution in [2.45, 2.75) is 24.8 Å². The lowest BCUT2D eigenvalue weighted by molar-refractivity contribution is 0.193. The van der Waals surface area contributed by atoms with E-state index in [1.165, 1.54) is 0 Å². The fourth-order valence-corrected chi connectivity index (χ4v) is 2.32. The minimum Gasteiger partial charge on any atom is -0.381 e. The standard InChI is InChI=1S/C10H17N5O/c11-5-8-1-3-12-10-13-9(14-15(8)10)7-2-4-16-6-7/h7-8H,1-6,11H2,(H,12,13,14). The summed E-state index contributed by atoms with van der Waals surface area (Å²) in [7, 11) is 0. The van der Waals surface area contributed by atoms with Gasteiger partial charge in [0.1, 0.15) is 0 Å². The molecule has 2 aliphatic rings. The molecule has 2 unspecified atom stereocenters. The van der Waals surface area contributed by atoms with Crippen molar-refractivity contribution in [3.8, 4) is 0 Å². The second-order valence-electron chi connectivity index (χ2n) is 4.40. The van der Waals surface area contributed by atoms with E-state index in [0.29, 0.717) is 18.5 Å². The molecular formula is C10H17N5O. The van der Waals surface area contributed by atoms with E-state index >= 15 is 0 Å². The quantitative estimate of drug-likeness (QED) is 0.743. The van der Waals surface area contributed by atoms with Gasteiger partial charge in [0.2, 0.25) is 5.95 Å². The zero-order chi connectivity index (χ0) is 11.0. The highest BCUT2D eigenvalue weighted by molar-refractivity contribution is 5.29. The monoisotopic (exact) mass is 223 g/mol.